The minimum atomic E-state index is 0.0540. The van der Waals surface area contributed by atoms with Crippen molar-refractivity contribution in [3.63, 3.8) is 0 Å². The van der Waals surface area contributed by atoms with Crippen LogP contribution in [-0.2, 0) is 0 Å². The molecule has 24 heavy (non-hydrogen) atoms. The van der Waals surface area contributed by atoms with Crippen molar-refractivity contribution >= 4 is 16.9 Å². The Balaban J connectivity index is 1.90. The molecule has 0 fully saturated rings. The molecule has 4 nitrogen and oxygen atoms in total. The highest BCUT2D eigenvalue weighted by atomic mass is 32.2. The fourth-order valence-corrected chi connectivity index (χ4v) is 3.48. The third-order valence-corrected chi connectivity index (χ3v) is 4.85. The van der Waals surface area contributed by atoms with E-state index in [1.807, 2.05) is 24.3 Å². The van der Waals surface area contributed by atoms with Crippen LogP contribution in [0.1, 0.15) is 30.1 Å². The normalized spacial score (nSPS) is 19.5. The highest BCUT2D eigenvalue weighted by Gasteiger charge is 2.31. The molecule has 126 valence electrons. The largest absolute Gasteiger partial charge is 0.497 e. The van der Waals surface area contributed by atoms with Gasteiger partial charge < -0.3 is 14.8 Å². The van der Waals surface area contributed by atoms with E-state index < -0.39 is 0 Å². The van der Waals surface area contributed by atoms with Gasteiger partial charge in [-0.1, -0.05) is 43.0 Å². The molecular weight excluding hydrogens is 320 g/mol. The van der Waals surface area contributed by atoms with E-state index in [2.05, 4.69) is 36.5 Å². The maximum atomic E-state index is 5.26. The summed E-state index contributed by atoms with van der Waals surface area (Å²) in [6.45, 7) is 2.14. The van der Waals surface area contributed by atoms with Crippen LogP contribution in [0.4, 0.5) is 0 Å². The number of benzene rings is 2. The minimum Gasteiger partial charge on any atom is -0.497 e. The van der Waals surface area contributed by atoms with E-state index in [9.17, 15) is 0 Å². The molecule has 0 saturated carbocycles. The van der Waals surface area contributed by atoms with Crippen molar-refractivity contribution in [3.8, 4) is 11.5 Å². The molecular formula is C19H22N2O2S. The Labute approximate surface area is 147 Å². The van der Waals surface area contributed by atoms with Gasteiger partial charge in [0.15, 0.2) is 5.17 Å². The first-order valence-corrected chi connectivity index (χ1v) is 8.98. The van der Waals surface area contributed by atoms with Crippen LogP contribution in [0.25, 0.3) is 0 Å². The monoisotopic (exact) mass is 342 g/mol. The molecule has 0 radical (unpaired) electrons. The lowest BCUT2D eigenvalue weighted by atomic mass is 9.95. The molecule has 2 aromatic rings. The smallest absolute Gasteiger partial charge is 0.157 e. The number of amidine groups is 1. The Kier molecular flexibility index (Phi) is 5.30. The number of hydrogen-bond acceptors (Lipinski definition) is 5. The summed E-state index contributed by atoms with van der Waals surface area (Å²) < 4.78 is 10.5. The predicted octanol–water partition coefficient (Wildman–Crippen LogP) is 4.20. The zero-order valence-corrected chi connectivity index (χ0v) is 15.0. The fraction of sp³-hybridized carbons (Fsp3) is 0.316. The summed E-state index contributed by atoms with van der Waals surface area (Å²) in [4.78, 5) is 4.90. The Morgan fingerprint density at radius 3 is 1.96 bits per heavy atom. The van der Waals surface area contributed by atoms with E-state index >= 15 is 0 Å². The predicted molar refractivity (Wildman–Crippen MR) is 100 cm³/mol. The van der Waals surface area contributed by atoms with Gasteiger partial charge in [-0.15, -0.1) is 0 Å². The van der Waals surface area contributed by atoms with E-state index in [-0.39, 0.29) is 12.1 Å². The molecule has 3 rings (SSSR count). The van der Waals surface area contributed by atoms with Gasteiger partial charge in [0.2, 0.25) is 0 Å². The quantitative estimate of drug-likeness (QED) is 0.884. The molecule has 0 amide bonds. The van der Waals surface area contributed by atoms with Gasteiger partial charge in [-0.3, -0.25) is 4.99 Å². The fourth-order valence-electron chi connectivity index (χ4n) is 2.81. The number of ether oxygens (including phenoxy) is 2. The lowest BCUT2D eigenvalue weighted by Crippen LogP contribution is -2.22. The van der Waals surface area contributed by atoms with Crippen LogP contribution < -0.4 is 14.8 Å². The second-order valence-electron chi connectivity index (χ2n) is 5.48. The van der Waals surface area contributed by atoms with Crippen LogP contribution >= 0.6 is 11.8 Å². The van der Waals surface area contributed by atoms with Gasteiger partial charge >= 0.3 is 0 Å². The van der Waals surface area contributed by atoms with Crippen molar-refractivity contribution in [2.45, 2.75) is 19.0 Å². The van der Waals surface area contributed by atoms with Crippen LogP contribution in [0, 0.1) is 0 Å². The van der Waals surface area contributed by atoms with E-state index in [0.717, 1.165) is 22.4 Å². The zero-order chi connectivity index (χ0) is 16.9. The molecule has 2 aromatic carbocycles. The van der Waals surface area contributed by atoms with Crippen LogP contribution in [0.5, 0.6) is 11.5 Å². The molecule has 5 heteroatoms. The summed E-state index contributed by atoms with van der Waals surface area (Å²) in [5, 5.41) is 4.56. The van der Waals surface area contributed by atoms with Crippen molar-refractivity contribution in [3.05, 3.63) is 59.7 Å². The first-order valence-electron chi connectivity index (χ1n) is 8.00. The Morgan fingerprint density at radius 1 is 0.917 bits per heavy atom. The Morgan fingerprint density at radius 2 is 1.46 bits per heavy atom. The highest BCUT2D eigenvalue weighted by Crippen LogP contribution is 2.38. The average Bonchev–Trinajstić information content (AvgIpc) is 3.06. The molecule has 0 spiro atoms. The van der Waals surface area contributed by atoms with E-state index in [1.54, 1.807) is 26.0 Å². The lowest BCUT2D eigenvalue weighted by Gasteiger charge is -2.20. The minimum absolute atomic E-state index is 0.0540. The standard InChI is InChI=1S/C19H22N2O2S/c1-4-24-19-20-17(13-5-9-15(22-2)10-6-13)18(21-19)14-7-11-16(23-3)12-8-14/h5-12,17-18H,4H2,1-3H3,(H,20,21). The lowest BCUT2D eigenvalue weighted by molar-refractivity contribution is 0.414. The van der Waals surface area contributed by atoms with Gasteiger partial charge in [-0.05, 0) is 41.1 Å². The first kappa shape index (κ1) is 16.7. The molecule has 0 aromatic heterocycles. The highest BCUT2D eigenvalue weighted by molar-refractivity contribution is 8.13. The Bertz CT molecular complexity index is 698. The maximum absolute atomic E-state index is 5.26. The molecule has 1 heterocycles. The summed E-state index contributed by atoms with van der Waals surface area (Å²) in [5.74, 6) is 2.72. The van der Waals surface area contributed by atoms with Gasteiger partial charge in [0, 0.05) is 0 Å². The van der Waals surface area contributed by atoms with E-state index in [0.29, 0.717) is 0 Å². The SMILES string of the molecule is CCSC1=NC(c2ccc(OC)cc2)C(c2ccc(OC)cc2)N1. The van der Waals surface area contributed by atoms with Crippen LogP contribution in [0.3, 0.4) is 0 Å². The molecule has 0 bridgehead atoms. The van der Waals surface area contributed by atoms with Gasteiger partial charge in [0.05, 0.1) is 20.3 Å². The van der Waals surface area contributed by atoms with Crippen LogP contribution in [0.2, 0.25) is 0 Å². The van der Waals surface area contributed by atoms with Crippen molar-refractivity contribution in [2.24, 2.45) is 4.99 Å². The van der Waals surface area contributed by atoms with Gasteiger partial charge in [-0.2, -0.15) is 0 Å². The van der Waals surface area contributed by atoms with Gasteiger partial charge in [0.1, 0.15) is 17.5 Å². The van der Waals surface area contributed by atoms with Crippen molar-refractivity contribution in [1.82, 2.24) is 5.32 Å². The number of rotatable bonds is 5. The second kappa shape index (κ2) is 7.62. The molecule has 0 saturated heterocycles. The topological polar surface area (TPSA) is 42.9 Å². The second-order valence-corrected chi connectivity index (χ2v) is 6.73. The first-order chi connectivity index (χ1) is 11.7. The third-order valence-electron chi connectivity index (χ3n) is 4.06. The average molecular weight is 342 g/mol. The zero-order valence-electron chi connectivity index (χ0n) is 14.2. The maximum Gasteiger partial charge on any atom is 0.157 e. The third kappa shape index (κ3) is 3.51. The van der Waals surface area contributed by atoms with Crippen molar-refractivity contribution < 1.29 is 9.47 Å². The number of aliphatic imine (C=N–C) groups is 1. The number of thioether (sulfide) groups is 1. The molecule has 0 aliphatic carbocycles. The summed E-state index contributed by atoms with van der Waals surface area (Å²) in [6, 6.07) is 16.5. The molecule has 2 atom stereocenters. The van der Waals surface area contributed by atoms with E-state index in [4.69, 9.17) is 14.5 Å². The molecule has 1 aliphatic heterocycles. The summed E-state index contributed by atoms with van der Waals surface area (Å²) in [7, 11) is 3.36. The summed E-state index contributed by atoms with van der Waals surface area (Å²) >= 11 is 1.74. The van der Waals surface area contributed by atoms with Gasteiger partial charge in [-0.25, -0.2) is 0 Å². The van der Waals surface area contributed by atoms with Crippen LogP contribution in [0.15, 0.2) is 53.5 Å². The summed E-state index contributed by atoms with van der Waals surface area (Å²) in [5.41, 5.74) is 2.38. The number of hydrogen-bond donors (Lipinski definition) is 1. The number of nitrogens with zero attached hydrogens (tertiary/aromatic N) is 1. The van der Waals surface area contributed by atoms with Crippen molar-refractivity contribution in [2.75, 3.05) is 20.0 Å². The van der Waals surface area contributed by atoms with Crippen molar-refractivity contribution in [1.29, 1.82) is 0 Å². The number of methoxy groups -OCH3 is 2. The molecule has 2 unspecified atom stereocenters. The Hall–Kier alpha value is -2.14. The molecule has 1 aliphatic rings. The summed E-state index contributed by atoms with van der Waals surface area (Å²) in [6.07, 6.45) is 0. The van der Waals surface area contributed by atoms with Crippen LogP contribution in [-0.4, -0.2) is 25.1 Å². The van der Waals surface area contributed by atoms with Gasteiger partial charge in [0.25, 0.3) is 0 Å². The van der Waals surface area contributed by atoms with E-state index in [1.165, 1.54) is 11.1 Å². The molecule has 1 N–H and O–H groups in total. The number of nitrogens with one attached hydrogen (secondary N) is 1.